The van der Waals surface area contributed by atoms with Crippen molar-refractivity contribution in [1.29, 1.82) is 0 Å². The SMILES string of the molecule is CCc1nn(C2CCCCO2)c2nc(-c3ccnn3-c3cccc(F)c3)ccc12. The highest BCUT2D eigenvalue weighted by atomic mass is 19.1. The van der Waals surface area contributed by atoms with Crippen molar-refractivity contribution in [1.82, 2.24) is 24.5 Å². The summed E-state index contributed by atoms with van der Waals surface area (Å²) in [6.45, 7) is 2.85. The molecule has 6 nitrogen and oxygen atoms in total. The molecule has 1 aliphatic heterocycles. The molecule has 1 unspecified atom stereocenters. The quantitative estimate of drug-likeness (QED) is 0.507. The van der Waals surface area contributed by atoms with Crippen LogP contribution in [0.3, 0.4) is 0 Å². The van der Waals surface area contributed by atoms with Crippen molar-refractivity contribution < 1.29 is 9.13 Å². The van der Waals surface area contributed by atoms with Gasteiger partial charge in [0.05, 0.1) is 29.0 Å². The third kappa shape index (κ3) is 3.21. The van der Waals surface area contributed by atoms with Gasteiger partial charge in [-0.1, -0.05) is 13.0 Å². The zero-order valence-electron chi connectivity index (χ0n) is 16.3. The Kier molecular flexibility index (Phi) is 4.60. The van der Waals surface area contributed by atoms with E-state index < -0.39 is 0 Å². The van der Waals surface area contributed by atoms with E-state index in [9.17, 15) is 4.39 Å². The summed E-state index contributed by atoms with van der Waals surface area (Å²) in [5.41, 5.74) is 4.06. The van der Waals surface area contributed by atoms with Crippen LogP contribution in [0.2, 0.25) is 0 Å². The van der Waals surface area contributed by atoms with E-state index in [1.807, 2.05) is 22.9 Å². The van der Waals surface area contributed by atoms with Crippen LogP contribution in [0.4, 0.5) is 4.39 Å². The zero-order valence-corrected chi connectivity index (χ0v) is 16.3. The van der Waals surface area contributed by atoms with E-state index >= 15 is 0 Å². The van der Waals surface area contributed by atoms with Gasteiger partial charge < -0.3 is 4.74 Å². The molecule has 1 aromatic carbocycles. The molecule has 0 N–H and O–H groups in total. The molecule has 29 heavy (non-hydrogen) atoms. The molecule has 5 rings (SSSR count). The van der Waals surface area contributed by atoms with Crippen LogP contribution in [-0.4, -0.2) is 31.2 Å². The monoisotopic (exact) mass is 391 g/mol. The van der Waals surface area contributed by atoms with Crippen molar-refractivity contribution in [3.05, 3.63) is 60.2 Å². The van der Waals surface area contributed by atoms with Crippen LogP contribution in [0.1, 0.15) is 38.1 Å². The van der Waals surface area contributed by atoms with Crippen LogP contribution in [0.5, 0.6) is 0 Å². The van der Waals surface area contributed by atoms with Gasteiger partial charge in [-0.15, -0.1) is 0 Å². The lowest BCUT2D eigenvalue weighted by Gasteiger charge is -2.23. The van der Waals surface area contributed by atoms with Crippen molar-refractivity contribution in [2.75, 3.05) is 6.61 Å². The van der Waals surface area contributed by atoms with Gasteiger partial charge in [0.2, 0.25) is 0 Å². The molecular weight excluding hydrogens is 369 g/mol. The minimum absolute atomic E-state index is 0.0811. The van der Waals surface area contributed by atoms with Gasteiger partial charge in [0, 0.05) is 12.0 Å². The predicted molar refractivity (Wildman–Crippen MR) is 108 cm³/mol. The average molecular weight is 391 g/mol. The van der Waals surface area contributed by atoms with E-state index in [2.05, 4.69) is 18.1 Å². The summed E-state index contributed by atoms with van der Waals surface area (Å²) in [5, 5.41) is 10.2. The molecular formula is C22H22FN5O. The van der Waals surface area contributed by atoms with E-state index in [0.29, 0.717) is 5.69 Å². The first-order chi connectivity index (χ1) is 14.2. The maximum absolute atomic E-state index is 13.7. The molecule has 4 heterocycles. The van der Waals surface area contributed by atoms with Gasteiger partial charge in [0.25, 0.3) is 0 Å². The maximum atomic E-state index is 13.7. The molecule has 0 saturated carbocycles. The number of nitrogens with zero attached hydrogens (tertiary/aromatic N) is 5. The highest BCUT2D eigenvalue weighted by Crippen LogP contribution is 2.30. The number of aromatic nitrogens is 5. The lowest BCUT2D eigenvalue weighted by Crippen LogP contribution is -2.19. The number of fused-ring (bicyclic) bond motifs is 1. The minimum Gasteiger partial charge on any atom is -0.356 e. The Hall–Kier alpha value is -3.06. The number of pyridine rings is 1. The molecule has 0 radical (unpaired) electrons. The van der Waals surface area contributed by atoms with Crippen LogP contribution in [0, 0.1) is 5.82 Å². The van der Waals surface area contributed by atoms with Crippen molar-refractivity contribution in [2.45, 2.75) is 38.8 Å². The summed E-state index contributed by atoms with van der Waals surface area (Å²) in [5.74, 6) is -0.299. The highest BCUT2D eigenvalue weighted by molar-refractivity contribution is 5.81. The first-order valence-electron chi connectivity index (χ1n) is 10.0. The third-order valence-electron chi connectivity index (χ3n) is 5.35. The first-order valence-corrected chi connectivity index (χ1v) is 10.0. The first kappa shape index (κ1) is 18.0. The number of hydrogen-bond acceptors (Lipinski definition) is 4. The topological polar surface area (TPSA) is 57.8 Å². The van der Waals surface area contributed by atoms with Crippen LogP contribution < -0.4 is 0 Å². The van der Waals surface area contributed by atoms with Gasteiger partial charge in [-0.05, 0) is 62.1 Å². The van der Waals surface area contributed by atoms with Crippen molar-refractivity contribution in [3.8, 4) is 17.1 Å². The average Bonchev–Trinajstić information content (AvgIpc) is 3.39. The molecule has 148 valence electrons. The smallest absolute Gasteiger partial charge is 0.161 e. The molecule has 0 aliphatic carbocycles. The van der Waals surface area contributed by atoms with Gasteiger partial charge >= 0.3 is 0 Å². The van der Waals surface area contributed by atoms with E-state index in [0.717, 1.165) is 60.4 Å². The lowest BCUT2D eigenvalue weighted by molar-refractivity contribution is -0.0372. The van der Waals surface area contributed by atoms with Crippen LogP contribution in [-0.2, 0) is 11.2 Å². The second-order valence-electron chi connectivity index (χ2n) is 7.24. The van der Waals surface area contributed by atoms with E-state index in [-0.39, 0.29) is 12.0 Å². The number of hydrogen-bond donors (Lipinski definition) is 0. The molecule has 1 fully saturated rings. The van der Waals surface area contributed by atoms with Crippen LogP contribution in [0.25, 0.3) is 28.1 Å². The summed E-state index contributed by atoms with van der Waals surface area (Å²) in [7, 11) is 0. The summed E-state index contributed by atoms with van der Waals surface area (Å²) in [6, 6.07) is 12.3. The van der Waals surface area contributed by atoms with E-state index in [4.69, 9.17) is 14.8 Å². The number of benzene rings is 1. The fraction of sp³-hybridized carbons (Fsp3) is 0.318. The summed E-state index contributed by atoms with van der Waals surface area (Å²) >= 11 is 0. The molecule has 0 amide bonds. The predicted octanol–water partition coefficient (Wildman–Crippen LogP) is 4.68. The van der Waals surface area contributed by atoms with Crippen molar-refractivity contribution >= 4 is 11.0 Å². The number of halogens is 1. The van der Waals surface area contributed by atoms with Gasteiger partial charge in [-0.3, -0.25) is 0 Å². The Balaban J connectivity index is 1.63. The maximum Gasteiger partial charge on any atom is 0.161 e. The summed E-state index contributed by atoms with van der Waals surface area (Å²) in [4.78, 5) is 4.94. The number of aryl methyl sites for hydroxylation is 1. The molecule has 1 saturated heterocycles. The molecule has 0 bridgehead atoms. The molecule has 3 aromatic heterocycles. The van der Waals surface area contributed by atoms with Gasteiger partial charge in [-0.2, -0.15) is 10.2 Å². The summed E-state index contributed by atoms with van der Waals surface area (Å²) in [6.07, 6.45) is 5.60. The Morgan fingerprint density at radius 1 is 1.17 bits per heavy atom. The molecule has 1 aliphatic rings. The Bertz CT molecular complexity index is 1160. The molecule has 0 spiro atoms. The van der Waals surface area contributed by atoms with E-state index in [1.165, 1.54) is 12.1 Å². The standard InChI is InChI=1S/C22H22FN5O/c1-2-18-17-9-10-19(25-22(17)28(26-18)21-8-3-4-13-29-21)20-11-12-24-27(20)16-7-5-6-15(23)14-16/h5-7,9-12,14,21H,2-4,8,13H2,1H3. The second-order valence-corrected chi connectivity index (χ2v) is 7.24. The van der Waals surface area contributed by atoms with Gasteiger partial charge in [0.15, 0.2) is 11.9 Å². The van der Waals surface area contributed by atoms with Crippen LogP contribution >= 0.6 is 0 Å². The second kappa shape index (κ2) is 7.40. The van der Waals surface area contributed by atoms with E-state index in [1.54, 1.807) is 16.9 Å². The fourth-order valence-electron chi connectivity index (χ4n) is 3.91. The Morgan fingerprint density at radius 2 is 2.10 bits per heavy atom. The summed E-state index contributed by atoms with van der Waals surface area (Å²) < 4.78 is 23.3. The largest absolute Gasteiger partial charge is 0.356 e. The molecule has 7 heteroatoms. The highest BCUT2D eigenvalue weighted by Gasteiger charge is 2.22. The van der Waals surface area contributed by atoms with Gasteiger partial charge in [0.1, 0.15) is 5.82 Å². The molecule has 1 atom stereocenters. The lowest BCUT2D eigenvalue weighted by atomic mass is 10.1. The molecule has 4 aromatic rings. The Labute approximate surface area is 167 Å². The minimum atomic E-state index is -0.299. The zero-order chi connectivity index (χ0) is 19.8. The number of ether oxygens (including phenoxy) is 1. The van der Waals surface area contributed by atoms with Crippen molar-refractivity contribution in [3.63, 3.8) is 0 Å². The normalized spacial score (nSPS) is 17.1. The number of rotatable bonds is 4. The fourth-order valence-corrected chi connectivity index (χ4v) is 3.91. The van der Waals surface area contributed by atoms with Crippen molar-refractivity contribution in [2.24, 2.45) is 0 Å². The Morgan fingerprint density at radius 3 is 2.90 bits per heavy atom. The van der Waals surface area contributed by atoms with Crippen LogP contribution in [0.15, 0.2) is 48.7 Å². The third-order valence-corrected chi connectivity index (χ3v) is 5.35. The van der Waals surface area contributed by atoms with Gasteiger partial charge in [-0.25, -0.2) is 18.7 Å².